The first-order chi connectivity index (χ1) is 16.0. The van der Waals surface area contributed by atoms with E-state index >= 15 is 0 Å². The predicted molar refractivity (Wildman–Crippen MR) is 125 cm³/mol. The highest BCUT2D eigenvalue weighted by Gasteiger charge is 2.12. The van der Waals surface area contributed by atoms with E-state index in [-0.39, 0.29) is 19.0 Å². The van der Waals surface area contributed by atoms with Crippen LogP contribution in [0.5, 0.6) is 11.5 Å². The second-order valence-electron chi connectivity index (χ2n) is 7.43. The van der Waals surface area contributed by atoms with Gasteiger partial charge in [-0.25, -0.2) is 19.3 Å². The van der Waals surface area contributed by atoms with Crippen molar-refractivity contribution < 1.29 is 13.9 Å². The van der Waals surface area contributed by atoms with Crippen molar-refractivity contribution in [1.82, 2.24) is 24.5 Å². The van der Waals surface area contributed by atoms with E-state index in [1.54, 1.807) is 36.7 Å². The Bertz CT molecular complexity index is 1430. The van der Waals surface area contributed by atoms with Gasteiger partial charge in [0, 0.05) is 47.3 Å². The number of nitrogens with one attached hydrogen (secondary N) is 1. The molecule has 0 atom stereocenters. The van der Waals surface area contributed by atoms with Gasteiger partial charge in [-0.05, 0) is 40.2 Å². The second-order valence-corrected chi connectivity index (χ2v) is 8.34. The van der Waals surface area contributed by atoms with Crippen LogP contribution in [0.3, 0.4) is 0 Å². The summed E-state index contributed by atoms with van der Waals surface area (Å²) in [4.78, 5) is 16.5. The van der Waals surface area contributed by atoms with Gasteiger partial charge in [-0.2, -0.15) is 0 Å². The fourth-order valence-corrected chi connectivity index (χ4v) is 3.68. The number of halogens is 2. The summed E-state index contributed by atoms with van der Waals surface area (Å²) in [6.45, 7) is 0.373. The molecule has 0 aliphatic carbocycles. The van der Waals surface area contributed by atoms with Crippen molar-refractivity contribution in [1.29, 1.82) is 0 Å². The fraction of sp³-hybridized carbons (Fsp3) is 0.125. The highest BCUT2D eigenvalue weighted by atomic mass is 79.9. The standard InChI is InChI=1S/C24H19BrFN5O2/c1-31-7-6-27-22(31)14-33-19-9-16(23-29-21-10-17(25)12-28-24(21)30-23)8-18(11-19)32-13-15-4-2-3-5-20(15)26/h2-12H,13-14H2,1H3,(H,28,29,30). The van der Waals surface area contributed by atoms with Crippen LogP contribution in [0.15, 0.2) is 71.6 Å². The van der Waals surface area contributed by atoms with Crippen LogP contribution in [0.25, 0.3) is 22.6 Å². The first-order valence-corrected chi connectivity index (χ1v) is 11.0. The van der Waals surface area contributed by atoms with Crippen LogP contribution in [0.1, 0.15) is 11.4 Å². The third-order valence-corrected chi connectivity index (χ3v) is 5.53. The molecule has 0 bridgehead atoms. The van der Waals surface area contributed by atoms with E-state index in [1.165, 1.54) is 6.07 Å². The molecule has 0 radical (unpaired) electrons. The Morgan fingerprint density at radius 2 is 1.82 bits per heavy atom. The molecule has 0 amide bonds. The van der Waals surface area contributed by atoms with Crippen molar-refractivity contribution in [3.8, 4) is 22.9 Å². The normalized spacial score (nSPS) is 11.1. The highest BCUT2D eigenvalue weighted by molar-refractivity contribution is 9.10. The molecule has 1 N–H and O–H groups in total. The van der Waals surface area contributed by atoms with Gasteiger partial charge in [0.05, 0.1) is 5.52 Å². The Morgan fingerprint density at radius 1 is 1.03 bits per heavy atom. The lowest BCUT2D eigenvalue weighted by atomic mass is 10.2. The molecule has 0 saturated heterocycles. The molecule has 0 unspecified atom stereocenters. The molecular formula is C24H19BrFN5O2. The lowest BCUT2D eigenvalue weighted by Crippen LogP contribution is -2.04. The van der Waals surface area contributed by atoms with Crippen LogP contribution >= 0.6 is 15.9 Å². The van der Waals surface area contributed by atoms with E-state index in [0.717, 1.165) is 21.4 Å². The molecule has 33 heavy (non-hydrogen) atoms. The number of aromatic amines is 1. The molecule has 0 fully saturated rings. The molecule has 3 aromatic heterocycles. The van der Waals surface area contributed by atoms with E-state index in [9.17, 15) is 4.39 Å². The Balaban J connectivity index is 1.47. The highest BCUT2D eigenvalue weighted by Crippen LogP contribution is 2.31. The lowest BCUT2D eigenvalue weighted by Gasteiger charge is -2.12. The summed E-state index contributed by atoms with van der Waals surface area (Å²) in [6.07, 6.45) is 5.28. The van der Waals surface area contributed by atoms with Crippen molar-refractivity contribution in [2.45, 2.75) is 13.2 Å². The summed E-state index contributed by atoms with van der Waals surface area (Å²) in [5.74, 6) is 2.20. The maximum Gasteiger partial charge on any atom is 0.178 e. The van der Waals surface area contributed by atoms with Crippen LogP contribution in [0, 0.1) is 5.82 Å². The Kier molecular flexibility index (Phi) is 5.78. The number of hydrogen-bond donors (Lipinski definition) is 1. The fourth-order valence-electron chi connectivity index (χ4n) is 3.35. The van der Waals surface area contributed by atoms with Gasteiger partial charge in [-0.15, -0.1) is 0 Å². The van der Waals surface area contributed by atoms with E-state index in [1.807, 2.05) is 36.0 Å². The predicted octanol–water partition coefficient (Wildman–Crippen LogP) is 5.42. The van der Waals surface area contributed by atoms with Crippen molar-refractivity contribution in [2.75, 3.05) is 0 Å². The molecule has 5 aromatic rings. The third-order valence-electron chi connectivity index (χ3n) is 5.10. The molecule has 166 valence electrons. The number of aryl methyl sites for hydroxylation is 1. The zero-order valence-corrected chi connectivity index (χ0v) is 19.2. The van der Waals surface area contributed by atoms with Gasteiger partial charge < -0.3 is 19.0 Å². The average Bonchev–Trinajstić information content (AvgIpc) is 3.42. The molecule has 5 rings (SSSR count). The topological polar surface area (TPSA) is 77.8 Å². The van der Waals surface area contributed by atoms with E-state index in [4.69, 9.17) is 9.47 Å². The number of pyridine rings is 1. The number of ether oxygens (including phenoxy) is 2. The van der Waals surface area contributed by atoms with Crippen LogP contribution < -0.4 is 9.47 Å². The van der Waals surface area contributed by atoms with Crippen molar-refractivity contribution in [2.24, 2.45) is 7.05 Å². The maximum absolute atomic E-state index is 14.0. The van der Waals surface area contributed by atoms with E-state index in [0.29, 0.717) is 28.5 Å². The Morgan fingerprint density at radius 3 is 2.58 bits per heavy atom. The smallest absolute Gasteiger partial charge is 0.178 e. The van der Waals surface area contributed by atoms with Gasteiger partial charge in [0.2, 0.25) is 0 Å². The second kappa shape index (κ2) is 9.03. The zero-order chi connectivity index (χ0) is 22.8. The first-order valence-electron chi connectivity index (χ1n) is 10.2. The van der Waals surface area contributed by atoms with Crippen molar-refractivity contribution in [3.63, 3.8) is 0 Å². The van der Waals surface area contributed by atoms with Gasteiger partial charge in [-0.3, -0.25) is 0 Å². The average molecular weight is 508 g/mol. The van der Waals surface area contributed by atoms with Gasteiger partial charge in [0.25, 0.3) is 0 Å². The number of rotatable bonds is 7. The van der Waals surface area contributed by atoms with Gasteiger partial charge in [-0.1, -0.05) is 18.2 Å². The molecule has 7 nitrogen and oxygen atoms in total. The van der Waals surface area contributed by atoms with Crippen molar-refractivity contribution >= 4 is 27.1 Å². The zero-order valence-electron chi connectivity index (χ0n) is 17.6. The maximum atomic E-state index is 14.0. The summed E-state index contributed by atoms with van der Waals surface area (Å²) in [5, 5.41) is 0. The molecule has 0 saturated carbocycles. The molecular weight excluding hydrogens is 489 g/mol. The van der Waals surface area contributed by atoms with Crippen LogP contribution in [-0.2, 0) is 20.3 Å². The van der Waals surface area contributed by atoms with Crippen LogP contribution in [-0.4, -0.2) is 24.5 Å². The largest absolute Gasteiger partial charge is 0.489 e. The minimum Gasteiger partial charge on any atom is -0.489 e. The number of benzene rings is 2. The van der Waals surface area contributed by atoms with Crippen molar-refractivity contribution in [3.05, 3.63) is 88.8 Å². The Hall–Kier alpha value is -3.72. The number of fused-ring (bicyclic) bond motifs is 1. The lowest BCUT2D eigenvalue weighted by molar-refractivity contribution is 0.280. The summed E-state index contributed by atoms with van der Waals surface area (Å²) in [5.41, 5.74) is 2.62. The van der Waals surface area contributed by atoms with Gasteiger partial charge >= 0.3 is 0 Å². The van der Waals surface area contributed by atoms with Crippen LogP contribution in [0.2, 0.25) is 0 Å². The molecule has 2 aromatic carbocycles. The van der Waals surface area contributed by atoms with Gasteiger partial charge in [0.1, 0.15) is 42.2 Å². The molecule has 0 spiro atoms. The Labute approximate surface area is 197 Å². The SMILES string of the molecule is Cn1ccnc1COc1cc(OCc2ccccc2F)cc(-c2nc3ncc(Br)cc3[nH]2)c1. The number of hydrogen-bond acceptors (Lipinski definition) is 5. The molecule has 3 heterocycles. The number of nitrogens with zero attached hydrogens (tertiary/aromatic N) is 4. The summed E-state index contributed by atoms with van der Waals surface area (Å²) < 4.78 is 28.7. The van der Waals surface area contributed by atoms with E-state index < -0.39 is 0 Å². The number of aromatic nitrogens is 5. The van der Waals surface area contributed by atoms with Gasteiger partial charge in [0.15, 0.2) is 5.65 Å². The summed E-state index contributed by atoms with van der Waals surface area (Å²) in [6, 6.07) is 13.9. The van der Waals surface area contributed by atoms with E-state index in [2.05, 4.69) is 35.9 Å². The summed E-state index contributed by atoms with van der Waals surface area (Å²) in [7, 11) is 1.91. The number of H-pyrrole nitrogens is 1. The third kappa shape index (κ3) is 4.73. The molecule has 0 aliphatic heterocycles. The minimum atomic E-state index is -0.311. The molecule has 9 heteroatoms. The monoisotopic (exact) mass is 507 g/mol. The molecule has 0 aliphatic rings. The quantitative estimate of drug-likeness (QED) is 0.318. The van der Waals surface area contributed by atoms with Crippen LogP contribution in [0.4, 0.5) is 4.39 Å². The minimum absolute atomic E-state index is 0.0869. The summed E-state index contributed by atoms with van der Waals surface area (Å²) >= 11 is 3.43. The first kappa shape index (κ1) is 21.1. The number of imidazole rings is 2.